The Morgan fingerprint density at radius 3 is 2.44 bits per heavy atom. The van der Waals surface area contributed by atoms with Crippen LogP contribution in [0.3, 0.4) is 0 Å². The lowest BCUT2D eigenvalue weighted by molar-refractivity contribution is -0.121. The highest BCUT2D eigenvalue weighted by molar-refractivity contribution is 6.12. The van der Waals surface area contributed by atoms with Gasteiger partial charge in [-0.2, -0.15) is 0 Å². The van der Waals surface area contributed by atoms with Crippen LogP contribution in [0.5, 0.6) is 0 Å². The van der Waals surface area contributed by atoms with Crippen molar-refractivity contribution in [3.63, 3.8) is 0 Å². The maximum atomic E-state index is 13.0. The largest absolute Gasteiger partial charge is 0.465 e. The van der Waals surface area contributed by atoms with Crippen molar-refractivity contribution in [3.8, 4) is 0 Å². The molecule has 0 spiro atoms. The van der Waals surface area contributed by atoms with Gasteiger partial charge in [-0.3, -0.25) is 4.79 Å². The molecule has 1 atom stereocenters. The third-order valence-electron chi connectivity index (χ3n) is 4.46. The molecule has 3 rings (SSSR count). The number of amides is 1. The van der Waals surface area contributed by atoms with Crippen LogP contribution >= 0.6 is 0 Å². The second-order valence-corrected chi connectivity index (χ2v) is 5.72. The van der Waals surface area contributed by atoms with Gasteiger partial charge in [-0.15, -0.1) is 0 Å². The van der Waals surface area contributed by atoms with E-state index >= 15 is 0 Å². The number of likely N-dealkylation sites (N-methyl/N-ethyl adjacent to an activating group) is 1. The van der Waals surface area contributed by atoms with E-state index in [1.807, 2.05) is 0 Å². The molecule has 0 radical (unpaired) electrons. The molecule has 25 heavy (non-hydrogen) atoms. The summed E-state index contributed by atoms with van der Waals surface area (Å²) in [7, 11) is 3.95. The van der Waals surface area contributed by atoms with Crippen molar-refractivity contribution >= 4 is 23.5 Å². The van der Waals surface area contributed by atoms with Crippen LogP contribution in [0.4, 0.5) is 5.69 Å². The van der Waals surface area contributed by atoms with Gasteiger partial charge in [0.15, 0.2) is 0 Å². The minimum absolute atomic E-state index is 0.0153. The maximum Gasteiger partial charge on any atom is 0.377 e. The number of hydrogen-bond acceptors (Lipinski definition) is 7. The zero-order chi connectivity index (χ0) is 18.4. The number of anilines is 1. The summed E-state index contributed by atoms with van der Waals surface area (Å²) >= 11 is 0. The predicted molar refractivity (Wildman–Crippen MR) is 85.5 cm³/mol. The average Bonchev–Trinajstić information content (AvgIpc) is 3.17. The summed E-state index contributed by atoms with van der Waals surface area (Å²) in [5, 5.41) is 3.87. The quantitative estimate of drug-likeness (QED) is 0.779. The van der Waals surface area contributed by atoms with Gasteiger partial charge in [0.05, 0.1) is 14.2 Å². The maximum absolute atomic E-state index is 13.0. The molecule has 130 valence electrons. The average molecular weight is 344 g/mol. The molecule has 0 bridgehead atoms. The lowest BCUT2D eigenvalue weighted by Gasteiger charge is -2.21. The smallest absolute Gasteiger partial charge is 0.377 e. The van der Waals surface area contributed by atoms with E-state index in [0.29, 0.717) is 11.3 Å². The van der Waals surface area contributed by atoms with Gasteiger partial charge in [0.2, 0.25) is 5.91 Å². The molecule has 1 aromatic carbocycles. The highest BCUT2D eigenvalue weighted by Gasteiger charge is 2.52. The van der Waals surface area contributed by atoms with Gasteiger partial charge in [0.1, 0.15) is 16.7 Å². The normalized spacial score (nSPS) is 18.9. The number of carbonyl (C=O) groups excluding carboxylic acids is 3. The van der Waals surface area contributed by atoms with Crippen LogP contribution in [0.1, 0.15) is 39.1 Å². The van der Waals surface area contributed by atoms with E-state index < -0.39 is 23.1 Å². The third kappa shape index (κ3) is 2.14. The van der Waals surface area contributed by atoms with E-state index in [9.17, 15) is 14.4 Å². The SMILES string of the molecule is COC(=O)c1onc(C2(C)C(=O)N(C)c3ccccc32)c1C(=O)OC. The first-order chi connectivity index (χ1) is 11.9. The van der Waals surface area contributed by atoms with Crippen LogP contribution in [0.25, 0.3) is 0 Å². The Hall–Kier alpha value is -3.16. The molecule has 0 saturated carbocycles. The Morgan fingerprint density at radius 2 is 1.80 bits per heavy atom. The van der Waals surface area contributed by atoms with Crippen molar-refractivity contribution in [2.24, 2.45) is 0 Å². The standard InChI is InChI=1S/C17H16N2O6/c1-17(9-7-5-6-8-10(9)19(2)16(17)22)13-11(14(20)23-3)12(25-18-13)15(21)24-4/h5-8H,1-4H3. The van der Waals surface area contributed by atoms with Crippen molar-refractivity contribution in [1.82, 2.24) is 5.16 Å². The summed E-state index contributed by atoms with van der Waals surface area (Å²) in [6.45, 7) is 1.63. The van der Waals surface area contributed by atoms with E-state index in [4.69, 9.17) is 9.26 Å². The molecular weight excluding hydrogens is 328 g/mol. The first-order valence-electron chi connectivity index (χ1n) is 7.42. The molecule has 1 unspecified atom stereocenters. The Kier molecular flexibility index (Phi) is 3.82. The monoisotopic (exact) mass is 344 g/mol. The number of methoxy groups -OCH3 is 2. The van der Waals surface area contributed by atoms with Gasteiger partial charge < -0.3 is 18.9 Å². The third-order valence-corrected chi connectivity index (χ3v) is 4.46. The second kappa shape index (κ2) is 5.73. The van der Waals surface area contributed by atoms with Gasteiger partial charge >= 0.3 is 11.9 Å². The second-order valence-electron chi connectivity index (χ2n) is 5.72. The molecular formula is C17H16N2O6. The fourth-order valence-corrected chi connectivity index (χ4v) is 3.13. The van der Waals surface area contributed by atoms with Crippen LogP contribution in [0.2, 0.25) is 0 Å². The molecule has 1 aromatic heterocycles. The minimum Gasteiger partial charge on any atom is -0.465 e. The zero-order valence-corrected chi connectivity index (χ0v) is 14.2. The van der Waals surface area contributed by atoms with Crippen LogP contribution < -0.4 is 4.90 Å². The van der Waals surface area contributed by atoms with Gasteiger partial charge in [0, 0.05) is 12.7 Å². The summed E-state index contributed by atoms with van der Waals surface area (Å²) in [4.78, 5) is 38.6. The van der Waals surface area contributed by atoms with Crippen LogP contribution in [0.15, 0.2) is 28.8 Å². The fraction of sp³-hybridized carbons (Fsp3) is 0.294. The number of rotatable bonds is 3. The number of carbonyl (C=O) groups is 3. The van der Waals surface area contributed by atoms with Crippen molar-refractivity contribution < 1.29 is 28.4 Å². The van der Waals surface area contributed by atoms with Gasteiger partial charge in [-0.05, 0) is 18.6 Å². The summed E-state index contributed by atoms with van der Waals surface area (Å²) in [6.07, 6.45) is 0. The van der Waals surface area contributed by atoms with E-state index in [0.717, 1.165) is 7.11 Å². The molecule has 1 aliphatic heterocycles. The number of fused-ring (bicyclic) bond motifs is 1. The first-order valence-corrected chi connectivity index (χ1v) is 7.42. The minimum atomic E-state index is -1.30. The van der Waals surface area contributed by atoms with Gasteiger partial charge in [-0.1, -0.05) is 23.4 Å². The van der Waals surface area contributed by atoms with Crippen LogP contribution in [0, 0.1) is 0 Å². The molecule has 8 heteroatoms. The number of esters is 2. The van der Waals surface area contributed by atoms with Crippen molar-refractivity contribution in [2.75, 3.05) is 26.2 Å². The topological polar surface area (TPSA) is 98.9 Å². The summed E-state index contributed by atoms with van der Waals surface area (Å²) in [5.41, 5.74) is -0.160. The number of para-hydroxylation sites is 1. The fourth-order valence-electron chi connectivity index (χ4n) is 3.13. The van der Waals surface area contributed by atoms with E-state index in [1.165, 1.54) is 12.0 Å². The highest BCUT2D eigenvalue weighted by atomic mass is 16.6. The van der Waals surface area contributed by atoms with Gasteiger partial charge in [0.25, 0.3) is 5.76 Å². The summed E-state index contributed by atoms with van der Waals surface area (Å²) in [5.74, 6) is -2.42. The number of hydrogen-bond donors (Lipinski definition) is 0. The lowest BCUT2D eigenvalue weighted by Crippen LogP contribution is -2.38. The van der Waals surface area contributed by atoms with Gasteiger partial charge in [-0.25, -0.2) is 9.59 Å². The van der Waals surface area contributed by atoms with E-state index in [-0.39, 0.29) is 17.2 Å². The molecule has 2 aromatic rings. The number of ether oxygens (including phenoxy) is 2. The Morgan fingerprint density at radius 1 is 1.16 bits per heavy atom. The Balaban J connectivity index is 2.30. The number of aromatic nitrogens is 1. The number of nitrogens with zero attached hydrogens (tertiary/aromatic N) is 2. The molecule has 2 heterocycles. The molecule has 1 amide bonds. The van der Waals surface area contributed by atoms with Crippen molar-refractivity contribution in [3.05, 3.63) is 46.8 Å². The first kappa shape index (κ1) is 16.7. The Labute approximate surface area is 143 Å². The summed E-state index contributed by atoms with van der Waals surface area (Å²) in [6, 6.07) is 7.14. The molecule has 1 aliphatic rings. The highest BCUT2D eigenvalue weighted by Crippen LogP contribution is 2.46. The Bertz CT molecular complexity index is 887. The molecule has 0 fully saturated rings. The predicted octanol–water partition coefficient (Wildman–Crippen LogP) is 1.53. The van der Waals surface area contributed by atoms with Crippen molar-refractivity contribution in [2.45, 2.75) is 12.3 Å². The molecule has 0 saturated heterocycles. The van der Waals surface area contributed by atoms with Crippen LogP contribution in [-0.2, 0) is 19.7 Å². The zero-order valence-electron chi connectivity index (χ0n) is 14.2. The molecule has 0 aliphatic carbocycles. The van der Waals surface area contributed by atoms with E-state index in [2.05, 4.69) is 9.89 Å². The molecule has 8 nitrogen and oxygen atoms in total. The molecule has 0 N–H and O–H groups in total. The lowest BCUT2D eigenvalue weighted by atomic mass is 9.78. The van der Waals surface area contributed by atoms with Crippen molar-refractivity contribution in [1.29, 1.82) is 0 Å². The summed E-state index contributed by atoms with van der Waals surface area (Å²) < 4.78 is 14.4. The van der Waals surface area contributed by atoms with Crippen LogP contribution in [-0.4, -0.2) is 44.3 Å². The number of benzene rings is 1. The van der Waals surface area contributed by atoms with E-state index in [1.54, 1.807) is 38.2 Å².